The Balaban J connectivity index is 2.81. The molecule has 1 amide bonds. The van der Waals surface area contributed by atoms with Crippen molar-refractivity contribution in [2.24, 2.45) is 5.92 Å². The van der Waals surface area contributed by atoms with Gasteiger partial charge in [-0.05, 0) is 37.3 Å². The van der Waals surface area contributed by atoms with Crippen molar-refractivity contribution in [2.45, 2.75) is 37.0 Å². The number of carbonyl (C=O) groups excluding carboxylic acids is 2. The highest BCUT2D eigenvalue weighted by Crippen LogP contribution is 2.31. The minimum atomic E-state index is -4.29. The molecule has 6 nitrogen and oxygen atoms in total. The molecule has 7 heteroatoms. The monoisotopic (exact) mass is 301 g/mol. The van der Waals surface area contributed by atoms with Crippen molar-refractivity contribution in [3.05, 3.63) is 25.3 Å². The molecule has 1 aliphatic rings. The van der Waals surface area contributed by atoms with E-state index in [1.165, 1.54) is 6.08 Å². The minimum absolute atomic E-state index is 0.135. The first kappa shape index (κ1) is 16.6. The van der Waals surface area contributed by atoms with Crippen LogP contribution in [0.3, 0.4) is 0 Å². The van der Waals surface area contributed by atoms with Crippen LogP contribution in [0.2, 0.25) is 0 Å². The molecule has 3 atom stereocenters. The highest BCUT2D eigenvalue weighted by molar-refractivity contribution is 7.86. The fourth-order valence-electron chi connectivity index (χ4n) is 2.50. The summed E-state index contributed by atoms with van der Waals surface area (Å²) in [5.41, 5.74) is 0. The van der Waals surface area contributed by atoms with E-state index in [-0.39, 0.29) is 24.5 Å². The van der Waals surface area contributed by atoms with E-state index in [0.717, 1.165) is 6.08 Å². The number of hydrogen-bond donors (Lipinski definition) is 2. The van der Waals surface area contributed by atoms with E-state index in [9.17, 15) is 22.6 Å². The molecule has 3 unspecified atom stereocenters. The lowest BCUT2D eigenvalue weighted by molar-refractivity contribution is -0.118. The van der Waals surface area contributed by atoms with Gasteiger partial charge in [-0.1, -0.05) is 13.2 Å². The van der Waals surface area contributed by atoms with Crippen LogP contribution in [0.1, 0.15) is 25.7 Å². The first-order chi connectivity index (χ1) is 9.27. The van der Waals surface area contributed by atoms with Crippen molar-refractivity contribution in [3.63, 3.8) is 0 Å². The lowest BCUT2D eigenvalue weighted by atomic mass is 9.82. The Bertz CT molecular complexity index is 511. The second kappa shape index (κ2) is 6.81. The molecule has 0 aromatic carbocycles. The predicted molar refractivity (Wildman–Crippen MR) is 74.6 cm³/mol. The third-order valence-electron chi connectivity index (χ3n) is 3.51. The van der Waals surface area contributed by atoms with Gasteiger partial charge in [0.2, 0.25) is 5.91 Å². The summed E-state index contributed by atoms with van der Waals surface area (Å²) in [6.45, 7) is 6.67. The molecule has 0 aliphatic heterocycles. The van der Waals surface area contributed by atoms with Gasteiger partial charge in [0.25, 0.3) is 10.1 Å². The molecule has 1 fully saturated rings. The number of rotatable bonds is 6. The van der Waals surface area contributed by atoms with Crippen molar-refractivity contribution >= 4 is 21.8 Å². The zero-order valence-corrected chi connectivity index (χ0v) is 11.9. The van der Waals surface area contributed by atoms with Crippen LogP contribution in [-0.2, 0) is 19.7 Å². The number of ketones is 1. The zero-order chi connectivity index (χ0) is 15.3. The number of allylic oxidation sites excluding steroid dienone is 1. The lowest BCUT2D eigenvalue weighted by Gasteiger charge is -2.34. The topological polar surface area (TPSA) is 101 Å². The van der Waals surface area contributed by atoms with Gasteiger partial charge < -0.3 is 5.32 Å². The summed E-state index contributed by atoms with van der Waals surface area (Å²) in [5.74, 6) is -0.772. The molecule has 1 aliphatic carbocycles. The molecule has 0 aromatic heterocycles. The maximum Gasteiger partial charge on any atom is 0.269 e. The van der Waals surface area contributed by atoms with Gasteiger partial charge in [-0.15, -0.1) is 0 Å². The summed E-state index contributed by atoms with van der Waals surface area (Å²) in [5, 5.41) is 1.42. The highest BCUT2D eigenvalue weighted by Gasteiger charge is 2.39. The molecular weight excluding hydrogens is 282 g/mol. The molecule has 0 heterocycles. The van der Waals surface area contributed by atoms with Crippen LogP contribution in [0.4, 0.5) is 0 Å². The Morgan fingerprint density at radius 1 is 1.25 bits per heavy atom. The van der Waals surface area contributed by atoms with Gasteiger partial charge in [0.05, 0.1) is 0 Å². The van der Waals surface area contributed by atoms with Gasteiger partial charge in [-0.2, -0.15) is 8.42 Å². The number of nitrogens with one attached hydrogen (secondary N) is 1. The Kier molecular flexibility index (Phi) is 5.64. The Morgan fingerprint density at radius 2 is 1.90 bits per heavy atom. The normalized spacial score (nSPS) is 26.6. The van der Waals surface area contributed by atoms with Crippen LogP contribution >= 0.6 is 0 Å². The van der Waals surface area contributed by atoms with Crippen molar-refractivity contribution in [1.82, 2.24) is 5.32 Å². The van der Waals surface area contributed by atoms with Crippen LogP contribution in [0, 0.1) is 5.92 Å². The van der Waals surface area contributed by atoms with Gasteiger partial charge in [-0.3, -0.25) is 14.1 Å². The van der Waals surface area contributed by atoms with Crippen molar-refractivity contribution in [1.29, 1.82) is 0 Å². The molecule has 20 heavy (non-hydrogen) atoms. The maximum atomic E-state index is 11.4. The fraction of sp³-hybridized carbons (Fsp3) is 0.538. The molecule has 0 aromatic rings. The number of carbonyl (C=O) groups is 2. The SMILES string of the molecule is C=CC(=O)CC1CCC(NC(=O)C=C)C(S(=O)(=O)O)C1. The van der Waals surface area contributed by atoms with Crippen LogP contribution < -0.4 is 5.32 Å². The van der Waals surface area contributed by atoms with Crippen molar-refractivity contribution in [2.75, 3.05) is 0 Å². The maximum absolute atomic E-state index is 11.4. The van der Waals surface area contributed by atoms with E-state index in [1.54, 1.807) is 0 Å². The Hall–Kier alpha value is -1.47. The smallest absolute Gasteiger partial charge is 0.269 e. The van der Waals surface area contributed by atoms with Gasteiger partial charge in [0.15, 0.2) is 5.78 Å². The molecule has 0 saturated heterocycles. The fourth-order valence-corrected chi connectivity index (χ4v) is 3.64. The van der Waals surface area contributed by atoms with E-state index < -0.39 is 27.3 Å². The molecule has 112 valence electrons. The summed E-state index contributed by atoms with van der Waals surface area (Å²) in [4.78, 5) is 22.6. The largest absolute Gasteiger partial charge is 0.348 e. The van der Waals surface area contributed by atoms with Crippen molar-refractivity contribution in [3.8, 4) is 0 Å². The van der Waals surface area contributed by atoms with E-state index in [0.29, 0.717) is 12.8 Å². The van der Waals surface area contributed by atoms with Crippen LogP contribution in [0.5, 0.6) is 0 Å². The summed E-state index contributed by atoms with van der Waals surface area (Å²) in [6, 6.07) is -0.661. The average molecular weight is 301 g/mol. The van der Waals surface area contributed by atoms with Gasteiger partial charge >= 0.3 is 0 Å². The van der Waals surface area contributed by atoms with Gasteiger partial charge in [0, 0.05) is 12.5 Å². The molecular formula is C13H19NO5S. The van der Waals surface area contributed by atoms with Gasteiger partial charge in [0.1, 0.15) is 5.25 Å². The first-order valence-corrected chi connectivity index (χ1v) is 7.82. The third kappa shape index (κ3) is 4.57. The van der Waals surface area contributed by atoms with E-state index in [1.807, 2.05) is 0 Å². The molecule has 0 spiro atoms. The zero-order valence-electron chi connectivity index (χ0n) is 11.1. The summed E-state index contributed by atoms with van der Waals surface area (Å²) in [6.07, 6.45) is 3.59. The Morgan fingerprint density at radius 3 is 2.40 bits per heavy atom. The van der Waals surface area contributed by atoms with Crippen LogP contribution in [0.15, 0.2) is 25.3 Å². The van der Waals surface area contributed by atoms with E-state index in [4.69, 9.17) is 0 Å². The molecule has 2 N–H and O–H groups in total. The molecule has 1 rings (SSSR count). The predicted octanol–water partition coefficient (Wildman–Crippen LogP) is 0.859. The number of hydrogen-bond acceptors (Lipinski definition) is 4. The average Bonchev–Trinajstić information content (AvgIpc) is 2.38. The van der Waals surface area contributed by atoms with E-state index >= 15 is 0 Å². The lowest BCUT2D eigenvalue weighted by Crippen LogP contribution is -2.49. The van der Waals surface area contributed by atoms with Gasteiger partial charge in [-0.25, -0.2) is 0 Å². The third-order valence-corrected chi connectivity index (χ3v) is 4.80. The quantitative estimate of drug-likeness (QED) is 0.560. The van der Waals surface area contributed by atoms with Crippen LogP contribution in [0.25, 0.3) is 0 Å². The molecule has 1 saturated carbocycles. The summed E-state index contributed by atoms with van der Waals surface area (Å²) >= 11 is 0. The van der Waals surface area contributed by atoms with E-state index in [2.05, 4.69) is 18.5 Å². The Labute approximate surface area is 118 Å². The minimum Gasteiger partial charge on any atom is -0.348 e. The van der Waals surface area contributed by atoms with Crippen LogP contribution in [-0.4, -0.2) is 36.0 Å². The molecule has 0 bridgehead atoms. The summed E-state index contributed by atoms with van der Waals surface area (Å²) in [7, 11) is -4.29. The second-order valence-electron chi connectivity index (χ2n) is 4.93. The standard InChI is InChI=1S/C13H19NO5S/c1-3-10(15)7-9-5-6-11(14-13(16)4-2)12(8-9)20(17,18)19/h3-4,9,11-12H,1-2,5-8H2,(H,14,16)(H,17,18,19). The summed E-state index contributed by atoms with van der Waals surface area (Å²) < 4.78 is 32.2. The highest BCUT2D eigenvalue weighted by atomic mass is 32.2. The first-order valence-electron chi connectivity index (χ1n) is 6.32. The molecule has 0 radical (unpaired) electrons. The number of amides is 1. The second-order valence-corrected chi connectivity index (χ2v) is 6.56. The van der Waals surface area contributed by atoms with Crippen molar-refractivity contribution < 1.29 is 22.6 Å².